The molecule has 0 aromatic heterocycles. The maximum absolute atomic E-state index is 13.2. The molecule has 0 saturated carbocycles. The number of hydrogen-bond donors (Lipinski definition) is 9. The summed E-state index contributed by atoms with van der Waals surface area (Å²) in [5.41, 5.74) is -1.71. The third-order valence-corrected chi connectivity index (χ3v) is 9.84. The van der Waals surface area contributed by atoms with Crippen molar-refractivity contribution in [2.24, 2.45) is 17.7 Å². The van der Waals surface area contributed by atoms with Crippen LogP contribution in [0.3, 0.4) is 0 Å². The van der Waals surface area contributed by atoms with Gasteiger partial charge in [-0.2, -0.15) is 0 Å². The Labute approximate surface area is 347 Å². The molecule has 0 radical (unpaired) electrons. The second kappa shape index (κ2) is 32.8. The Morgan fingerprint density at radius 2 is 1.00 bits per heavy atom. The molecular formula is C35H71N8O15P. The highest BCUT2D eigenvalue weighted by Gasteiger charge is 2.31. The fourth-order valence-corrected chi connectivity index (χ4v) is 5.89. The molecule has 0 aliphatic carbocycles. The lowest BCUT2D eigenvalue weighted by Crippen LogP contribution is -2.50. The van der Waals surface area contributed by atoms with Gasteiger partial charge in [0, 0.05) is 45.1 Å². The Balaban J connectivity index is 5.51. The number of nitrogens with two attached hydrogens (primary N) is 3. The van der Waals surface area contributed by atoms with Crippen molar-refractivity contribution < 1.29 is 71.4 Å². The third-order valence-electron chi connectivity index (χ3n) is 8.26. The summed E-state index contributed by atoms with van der Waals surface area (Å²) in [5, 5.41) is 13.3. The van der Waals surface area contributed by atoms with Gasteiger partial charge in [-0.05, 0) is 53.4 Å². The molecule has 24 heteroatoms. The molecule has 3 atom stereocenters. The molecule has 0 heterocycles. The lowest BCUT2D eigenvalue weighted by atomic mass is 10.0. The fourth-order valence-electron chi connectivity index (χ4n) is 4.90. The summed E-state index contributed by atoms with van der Waals surface area (Å²) in [4.78, 5) is 88.4. The van der Waals surface area contributed by atoms with Crippen molar-refractivity contribution in [3.05, 3.63) is 0 Å². The van der Waals surface area contributed by atoms with E-state index in [0.29, 0.717) is 6.42 Å². The van der Waals surface area contributed by atoms with Crippen LogP contribution < -0.4 is 44.3 Å². The van der Waals surface area contributed by atoms with Crippen molar-refractivity contribution in [3.63, 3.8) is 0 Å². The minimum absolute atomic E-state index is 0.0215. The Morgan fingerprint density at radius 3 is 1.44 bits per heavy atom. The molecule has 0 fully saturated rings. The van der Waals surface area contributed by atoms with Crippen LogP contribution in [0.1, 0.15) is 79.6 Å². The van der Waals surface area contributed by atoms with Crippen molar-refractivity contribution >= 4 is 37.1 Å². The van der Waals surface area contributed by atoms with Gasteiger partial charge in [-0.1, -0.05) is 6.92 Å². The van der Waals surface area contributed by atoms with Crippen LogP contribution in [0.4, 0.5) is 0 Å². The molecule has 12 N–H and O–H groups in total. The van der Waals surface area contributed by atoms with Gasteiger partial charge in [-0.3, -0.25) is 28.5 Å². The number of amides is 5. The number of carbonyl (C=O) groups is 5. The number of rotatable bonds is 38. The van der Waals surface area contributed by atoms with E-state index in [4.69, 9.17) is 41.2 Å². The molecule has 0 aromatic rings. The van der Waals surface area contributed by atoms with Crippen LogP contribution in [0.15, 0.2) is 0 Å². The van der Waals surface area contributed by atoms with Gasteiger partial charge in [0.05, 0.1) is 77.3 Å². The fraction of sp³-hybridized carbons (Fsp3) is 0.857. The standard InChI is InChI=1S/C35H71N8O15P/c1-6-59(49,50)58-35(4,5)13-17-54-34(2,3)12-11-31(46)43-28(33(48)41-16-20-53-23-26-57-38)8-10-30(45)42-27(32(47)40-15-19-52-22-25-56-37)7-9-29(44)39-14-18-51-21-24-55-36/h27-28H,6-26,36-38H2,1-5H3,(H,39,44)(H,40,47)(H,41,48)(H,42,45)(H,43,46)(H,49,50). The second-order valence-corrected chi connectivity index (χ2v) is 16.5. The molecule has 59 heavy (non-hydrogen) atoms. The number of ether oxygens (including phenoxy) is 4. The van der Waals surface area contributed by atoms with Crippen molar-refractivity contribution in [2.45, 2.75) is 103 Å². The Morgan fingerprint density at radius 1 is 0.576 bits per heavy atom. The van der Waals surface area contributed by atoms with E-state index in [1.165, 1.54) is 0 Å². The van der Waals surface area contributed by atoms with E-state index in [9.17, 15) is 33.4 Å². The molecule has 346 valence electrons. The zero-order chi connectivity index (χ0) is 44.6. The van der Waals surface area contributed by atoms with Gasteiger partial charge in [-0.25, -0.2) is 17.7 Å². The summed E-state index contributed by atoms with van der Waals surface area (Å²) in [5.74, 6) is 12.3. The van der Waals surface area contributed by atoms with Crippen LogP contribution in [0.2, 0.25) is 0 Å². The van der Waals surface area contributed by atoms with Gasteiger partial charge in [-0.15, -0.1) is 0 Å². The highest BCUT2D eigenvalue weighted by molar-refractivity contribution is 7.52. The Kier molecular flexibility index (Phi) is 31.2. The molecule has 0 aliphatic heterocycles. The van der Waals surface area contributed by atoms with E-state index in [0.717, 1.165) is 0 Å². The lowest BCUT2D eigenvalue weighted by molar-refractivity contribution is -0.132. The molecule has 5 amide bonds. The molecule has 0 saturated heterocycles. The SMILES string of the molecule is CCP(=O)(O)OC(C)(C)CCOC(C)(C)CCC(=O)NC(CCC(=O)NC(CCC(=O)NCCOCCON)C(=O)NCCOCCON)C(=O)NCCOCCON. The summed E-state index contributed by atoms with van der Waals surface area (Å²) < 4.78 is 39.3. The zero-order valence-corrected chi connectivity index (χ0v) is 36.2. The second-order valence-electron chi connectivity index (χ2n) is 14.4. The Bertz CT molecular complexity index is 1250. The van der Waals surface area contributed by atoms with Crippen LogP contribution in [0, 0.1) is 0 Å². The predicted octanol–water partition coefficient (Wildman–Crippen LogP) is -1.45. The van der Waals surface area contributed by atoms with E-state index >= 15 is 0 Å². The van der Waals surface area contributed by atoms with Crippen molar-refractivity contribution in [1.82, 2.24) is 26.6 Å². The largest absolute Gasteiger partial charge is 0.377 e. The summed E-state index contributed by atoms with van der Waals surface area (Å²) in [7, 11) is -3.72. The molecular weight excluding hydrogens is 803 g/mol. The van der Waals surface area contributed by atoms with Crippen LogP contribution >= 0.6 is 7.60 Å². The molecule has 0 aromatic carbocycles. The molecule has 0 rings (SSSR count). The quantitative estimate of drug-likeness (QED) is 0.0195. The van der Waals surface area contributed by atoms with Crippen LogP contribution in [-0.2, 0) is 66.5 Å². The average molecular weight is 875 g/mol. The van der Waals surface area contributed by atoms with E-state index in [-0.39, 0.29) is 136 Å². The Hall–Kier alpha value is -2.90. The highest BCUT2D eigenvalue weighted by Crippen LogP contribution is 2.46. The summed E-state index contributed by atoms with van der Waals surface area (Å²) >= 11 is 0. The first-order valence-electron chi connectivity index (χ1n) is 19.7. The van der Waals surface area contributed by atoms with Crippen LogP contribution in [0.25, 0.3) is 0 Å². The smallest absolute Gasteiger partial charge is 0.328 e. The van der Waals surface area contributed by atoms with Gasteiger partial charge in [0.2, 0.25) is 29.5 Å². The summed E-state index contributed by atoms with van der Waals surface area (Å²) in [6.07, 6.45) is -0.0372. The molecule has 0 bridgehead atoms. The lowest BCUT2D eigenvalue weighted by Gasteiger charge is -2.30. The van der Waals surface area contributed by atoms with Crippen LogP contribution in [0.5, 0.6) is 0 Å². The predicted molar refractivity (Wildman–Crippen MR) is 214 cm³/mol. The van der Waals surface area contributed by atoms with Crippen LogP contribution in [-0.4, -0.2) is 150 Å². The highest BCUT2D eigenvalue weighted by atomic mass is 31.2. The third kappa shape index (κ3) is 31.6. The zero-order valence-electron chi connectivity index (χ0n) is 35.3. The minimum atomic E-state index is -3.72. The first-order chi connectivity index (χ1) is 27.9. The first kappa shape index (κ1) is 56.1. The van der Waals surface area contributed by atoms with E-state index in [1.54, 1.807) is 34.6 Å². The molecule has 3 unspecified atom stereocenters. The number of hydrogen-bond acceptors (Lipinski definition) is 17. The van der Waals surface area contributed by atoms with Crippen molar-refractivity contribution in [3.8, 4) is 0 Å². The first-order valence-corrected chi connectivity index (χ1v) is 21.4. The maximum Gasteiger partial charge on any atom is 0.328 e. The average Bonchev–Trinajstić information content (AvgIpc) is 3.17. The van der Waals surface area contributed by atoms with Gasteiger partial charge >= 0.3 is 7.60 Å². The van der Waals surface area contributed by atoms with Crippen molar-refractivity contribution in [1.29, 1.82) is 0 Å². The topological polar surface area (TPSA) is 335 Å². The van der Waals surface area contributed by atoms with Gasteiger partial charge in [0.15, 0.2) is 0 Å². The molecule has 23 nitrogen and oxygen atoms in total. The molecule has 0 spiro atoms. The monoisotopic (exact) mass is 874 g/mol. The van der Waals surface area contributed by atoms with Gasteiger partial charge in [0.25, 0.3) is 0 Å². The minimum Gasteiger partial charge on any atom is -0.377 e. The van der Waals surface area contributed by atoms with E-state index < -0.39 is 54.5 Å². The van der Waals surface area contributed by atoms with E-state index in [1.807, 2.05) is 0 Å². The normalized spacial score (nSPS) is 13.8. The summed E-state index contributed by atoms with van der Waals surface area (Å²) in [6.45, 7) is 10.7. The number of nitrogens with one attached hydrogen (secondary N) is 5. The molecule has 0 aliphatic rings. The van der Waals surface area contributed by atoms with E-state index in [2.05, 4.69) is 41.1 Å². The number of carbonyl (C=O) groups excluding carboxylic acids is 5. The van der Waals surface area contributed by atoms with Gasteiger partial charge in [0.1, 0.15) is 12.1 Å². The van der Waals surface area contributed by atoms with Crippen molar-refractivity contribution in [2.75, 3.05) is 91.9 Å². The maximum atomic E-state index is 13.2. The summed E-state index contributed by atoms with van der Waals surface area (Å²) in [6, 6.07) is -2.25. The van der Waals surface area contributed by atoms with Gasteiger partial charge < -0.3 is 69.5 Å².